The zero-order valence-corrected chi connectivity index (χ0v) is 10.8. The first kappa shape index (κ1) is 13.0. The van der Waals surface area contributed by atoms with Gasteiger partial charge in [0, 0.05) is 18.6 Å². The maximum Gasteiger partial charge on any atom is 0.0235 e. The Morgan fingerprint density at radius 3 is 2.47 bits per heavy atom. The quantitative estimate of drug-likeness (QED) is 0.653. The Morgan fingerprint density at radius 1 is 1.13 bits per heavy atom. The lowest BCUT2D eigenvalue weighted by atomic mass is 10.1. The second-order valence-electron chi connectivity index (χ2n) is 4.94. The van der Waals surface area contributed by atoms with Gasteiger partial charge < -0.3 is 5.32 Å². The topological polar surface area (TPSA) is 15.3 Å². The summed E-state index contributed by atoms with van der Waals surface area (Å²) >= 11 is 0. The van der Waals surface area contributed by atoms with Gasteiger partial charge in [-0.3, -0.25) is 4.90 Å². The van der Waals surface area contributed by atoms with Crippen LogP contribution in [-0.2, 0) is 0 Å². The molecule has 2 atom stereocenters. The summed E-state index contributed by atoms with van der Waals surface area (Å²) in [6, 6.07) is 1.53. The van der Waals surface area contributed by atoms with Crippen LogP contribution in [0, 0.1) is 0 Å². The van der Waals surface area contributed by atoms with Crippen molar-refractivity contribution in [1.82, 2.24) is 10.2 Å². The van der Waals surface area contributed by atoms with Crippen molar-refractivity contribution in [3.63, 3.8) is 0 Å². The van der Waals surface area contributed by atoms with Crippen molar-refractivity contribution in [2.45, 2.75) is 65.0 Å². The summed E-state index contributed by atoms with van der Waals surface area (Å²) in [5, 5.41) is 3.56. The second-order valence-corrected chi connectivity index (χ2v) is 4.94. The third kappa shape index (κ3) is 4.52. The van der Waals surface area contributed by atoms with Crippen molar-refractivity contribution in [3.05, 3.63) is 0 Å². The van der Waals surface area contributed by atoms with Crippen LogP contribution < -0.4 is 5.32 Å². The van der Waals surface area contributed by atoms with Crippen LogP contribution in [0.15, 0.2) is 0 Å². The predicted octanol–water partition coefficient (Wildman–Crippen LogP) is 2.64. The van der Waals surface area contributed by atoms with Crippen molar-refractivity contribution < 1.29 is 0 Å². The van der Waals surface area contributed by atoms with Gasteiger partial charge in [0.1, 0.15) is 0 Å². The average Bonchev–Trinajstić information content (AvgIpc) is 2.64. The van der Waals surface area contributed by atoms with E-state index in [0.29, 0.717) is 0 Å². The number of nitrogens with zero attached hydrogens (tertiary/aromatic N) is 1. The van der Waals surface area contributed by atoms with E-state index >= 15 is 0 Å². The molecule has 0 bridgehead atoms. The van der Waals surface area contributed by atoms with Gasteiger partial charge in [-0.25, -0.2) is 0 Å². The van der Waals surface area contributed by atoms with Crippen molar-refractivity contribution >= 4 is 0 Å². The summed E-state index contributed by atoms with van der Waals surface area (Å²) in [7, 11) is 0. The molecule has 0 aromatic rings. The molecule has 2 nitrogen and oxygen atoms in total. The maximum atomic E-state index is 3.56. The van der Waals surface area contributed by atoms with Crippen LogP contribution in [0.2, 0.25) is 0 Å². The molecular formula is C13H28N2. The van der Waals surface area contributed by atoms with E-state index in [1.54, 1.807) is 0 Å². The van der Waals surface area contributed by atoms with E-state index in [-0.39, 0.29) is 0 Å². The molecule has 1 aliphatic rings. The average molecular weight is 212 g/mol. The van der Waals surface area contributed by atoms with E-state index in [0.717, 1.165) is 12.1 Å². The van der Waals surface area contributed by atoms with Gasteiger partial charge >= 0.3 is 0 Å². The van der Waals surface area contributed by atoms with Crippen LogP contribution >= 0.6 is 0 Å². The Hall–Kier alpha value is -0.0800. The van der Waals surface area contributed by atoms with E-state index in [1.165, 1.54) is 51.7 Å². The lowest BCUT2D eigenvalue weighted by Gasteiger charge is -2.28. The van der Waals surface area contributed by atoms with Gasteiger partial charge in [-0.1, -0.05) is 26.7 Å². The summed E-state index contributed by atoms with van der Waals surface area (Å²) < 4.78 is 0. The minimum Gasteiger partial charge on any atom is -0.313 e. The fraction of sp³-hybridized carbons (Fsp3) is 1.00. The molecule has 2 heteroatoms. The van der Waals surface area contributed by atoms with Crippen LogP contribution in [0.25, 0.3) is 0 Å². The lowest BCUT2D eigenvalue weighted by molar-refractivity contribution is 0.202. The highest BCUT2D eigenvalue weighted by molar-refractivity contribution is 4.85. The van der Waals surface area contributed by atoms with E-state index in [9.17, 15) is 0 Å². The highest BCUT2D eigenvalue weighted by atomic mass is 15.2. The van der Waals surface area contributed by atoms with Crippen LogP contribution in [0.4, 0.5) is 0 Å². The van der Waals surface area contributed by atoms with Gasteiger partial charge in [0.15, 0.2) is 0 Å². The highest BCUT2D eigenvalue weighted by Crippen LogP contribution is 2.14. The zero-order chi connectivity index (χ0) is 11.1. The molecule has 2 unspecified atom stereocenters. The minimum atomic E-state index is 0.723. The first-order valence-corrected chi connectivity index (χ1v) is 6.75. The normalized spacial score (nSPS) is 26.4. The first-order chi connectivity index (χ1) is 7.27. The monoisotopic (exact) mass is 212 g/mol. The van der Waals surface area contributed by atoms with E-state index in [2.05, 4.69) is 31.0 Å². The van der Waals surface area contributed by atoms with Crippen molar-refractivity contribution in [1.29, 1.82) is 0 Å². The molecule has 0 aromatic heterocycles. The van der Waals surface area contributed by atoms with E-state index < -0.39 is 0 Å². The summed E-state index contributed by atoms with van der Waals surface area (Å²) in [4.78, 5) is 2.70. The number of rotatable bonds is 7. The zero-order valence-electron chi connectivity index (χ0n) is 10.8. The Bertz CT molecular complexity index is 159. The minimum absolute atomic E-state index is 0.723. The Balaban J connectivity index is 2.28. The predicted molar refractivity (Wildman–Crippen MR) is 67.3 cm³/mol. The number of unbranched alkanes of at least 4 members (excludes halogenated alkanes) is 2. The molecule has 0 amide bonds. The molecule has 1 fully saturated rings. The fourth-order valence-corrected chi connectivity index (χ4v) is 2.52. The fourth-order valence-electron chi connectivity index (χ4n) is 2.52. The van der Waals surface area contributed by atoms with Crippen LogP contribution in [0.1, 0.15) is 52.9 Å². The molecule has 1 N–H and O–H groups in total. The Kier molecular flexibility index (Phi) is 6.26. The first-order valence-electron chi connectivity index (χ1n) is 6.75. The lowest BCUT2D eigenvalue weighted by Crippen LogP contribution is -2.38. The molecule has 0 aliphatic carbocycles. The van der Waals surface area contributed by atoms with Gasteiger partial charge in [0.05, 0.1) is 0 Å². The van der Waals surface area contributed by atoms with Crippen molar-refractivity contribution in [2.75, 3.05) is 19.6 Å². The molecule has 0 spiro atoms. The summed E-state index contributed by atoms with van der Waals surface area (Å²) in [5.41, 5.74) is 0. The number of hydrogen-bond acceptors (Lipinski definition) is 2. The molecule has 1 rings (SSSR count). The molecule has 0 saturated carbocycles. The van der Waals surface area contributed by atoms with Crippen molar-refractivity contribution in [3.8, 4) is 0 Å². The second kappa shape index (κ2) is 7.24. The smallest absolute Gasteiger partial charge is 0.0235 e. The summed E-state index contributed by atoms with van der Waals surface area (Å²) in [6.07, 6.45) is 6.72. The van der Waals surface area contributed by atoms with E-state index in [4.69, 9.17) is 0 Å². The molecule has 90 valence electrons. The molecule has 1 aliphatic heterocycles. The summed E-state index contributed by atoms with van der Waals surface area (Å²) in [5.74, 6) is 0. The third-order valence-corrected chi connectivity index (χ3v) is 3.40. The van der Waals surface area contributed by atoms with Crippen LogP contribution in [-0.4, -0.2) is 36.6 Å². The van der Waals surface area contributed by atoms with E-state index in [1.807, 2.05) is 0 Å². The van der Waals surface area contributed by atoms with Gasteiger partial charge in [-0.2, -0.15) is 0 Å². The number of hydrogen-bond donors (Lipinski definition) is 1. The van der Waals surface area contributed by atoms with Crippen LogP contribution in [0.3, 0.4) is 0 Å². The maximum absolute atomic E-state index is 3.56. The third-order valence-electron chi connectivity index (χ3n) is 3.40. The van der Waals surface area contributed by atoms with Crippen LogP contribution in [0.5, 0.6) is 0 Å². The molecule has 0 aromatic carbocycles. The van der Waals surface area contributed by atoms with Crippen molar-refractivity contribution in [2.24, 2.45) is 0 Å². The molecule has 15 heavy (non-hydrogen) atoms. The summed E-state index contributed by atoms with van der Waals surface area (Å²) in [6.45, 7) is 10.7. The number of nitrogens with one attached hydrogen (secondary N) is 1. The van der Waals surface area contributed by atoms with Gasteiger partial charge in [0.25, 0.3) is 0 Å². The molecule has 1 heterocycles. The standard InChI is InChI=1S/C13H28N2/c1-4-6-7-9-15(8-5-2)13-10-12(3)14-11-13/h12-14H,4-11H2,1-3H3. The Labute approximate surface area is 95.4 Å². The molecule has 0 radical (unpaired) electrons. The van der Waals surface area contributed by atoms with Gasteiger partial charge in [-0.15, -0.1) is 0 Å². The largest absolute Gasteiger partial charge is 0.313 e. The highest BCUT2D eigenvalue weighted by Gasteiger charge is 2.25. The van der Waals surface area contributed by atoms with Gasteiger partial charge in [0.2, 0.25) is 0 Å². The Morgan fingerprint density at radius 2 is 1.93 bits per heavy atom. The molecule has 1 saturated heterocycles. The SMILES string of the molecule is CCCCCN(CCC)C1CNC(C)C1. The molecular weight excluding hydrogens is 184 g/mol. The van der Waals surface area contributed by atoms with Gasteiger partial charge in [-0.05, 0) is 39.3 Å².